The van der Waals surface area contributed by atoms with E-state index in [2.05, 4.69) is 31.3 Å². The first kappa shape index (κ1) is 20.0. The highest BCUT2D eigenvalue weighted by molar-refractivity contribution is 5.80. The second kappa shape index (κ2) is 9.97. The molecule has 1 atom stereocenters. The Morgan fingerprint density at radius 2 is 1.81 bits per heavy atom. The molecule has 0 aliphatic heterocycles. The highest BCUT2D eigenvalue weighted by atomic mass is 16.5. The molecule has 26 heavy (non-hydrogen) atoms. The Hall–Kier alpha value is -2.33. The highest BCUT2D eigenvalue weighted by Crippen LogP contribution is 2.28. The number of amides is 1. The normalized spacial score (nSPS) is 12.0. The van der Waals surface area contributed by atoms with Crippen LogP contribution in [0.2, 0.25) is 0 Å². The number of carbonyl (C=O) groups is 1. The molecular weight excluding hydrogens is 326 g/mol. The second-order valence-electron chi connectivity index (χ2n) is 6.79. The number of hydrogen-bond acceptors (Lipinski definition) is 3. The standard InChI is InChI=1S/C22H29NO3/c1-16(2)20-11-10-17(3)14-21(20)26-18(4)22(24)23-12-13-25-15-19-8-6-5-7-9-19/h5-11,14,16,18H,12-13,15H2,1-4H3,(H,23,24)/t18-/m0/s1. The average molecular weight is 355 g/mol. The summed E-state index contributed by atoms with van der Waals surface area (Å²) in [6.45, 7) is 9.50. The van der Waals surface area contributed by atoms with Crippen LogP contribution >= 0.6 is 0 Å². The SMILES string of the molecule is Cc1ccc(C(C)C)c(O[C@@H](C)C(=O)NCCOCc2ccccc2)c1. The van der Waals surface area contributed by atoms with E-state index < -0.39 is 6.10 Å². The predicted molar refractivity (Wildman–Crippen MR) is 104 cm³/mol. The average Bonchev–Trinajstić information content (AvgIpc) is 2.62. The first-order chi connectivity index (χ1) is 12.5. The van der Waals surface area contributed by atoms with Gasteiger partial charge in [-0.3, -0.25) is 4.79 Å². The number of hydrogen-bond donors (Lipinski definition) is 1. The van der Waals surface area contributed by atoms with Crippen LogP contribution in [0.1, 0.15) is 43.4 Å². The number of carbonyl (C=O) groups excluding carboxylic acids is 1. The number of ether oxygens (including phenoxy) is 2. The summed E-state index contributed by atoms with van der Waals surface area (Å²) in [5.41, 5.74) is 3.35. The molecule has 0 radical (unpaired) electrons. The van der Waals surface area contributed by atoms with Crippen molar-refractivity contribution in [3.05, 3.63) is 65.2 Å². The maximum Gasteiger partial charge on any atom is 0.260 e. The lowest BCUT2D eigenvalue weighted by Gasteiger charge is -2.19. The Labute approximate surface area is 156 Å². The highest BCUT2D eigenvalue weighted by Gasteiger charge is 2.17. The third-order valence-electron chi connectivity index (χ3n) is 4.12. The van der Waals surface area contributed by atoms with Crippen molar-refractivity contribution >= 4 is 5.91 Å². The van der Waals surface area contributed by atoms with E-state index in [1.54, 1.807) is 6.92 Å². The molecule has 0 aliphatic carbocycles. The number of benzene rings is 2. The summed E-state index contributed by atoms with van der Waals surface area (Å²) in [6, 6.07) is 16.1. The first-order valence-corrected chi connectivity index (χ1v) is 9.14. The largest absolute Gasteiger partial charge is 0.481 e. The minimum Gasteiger partial charge on any atom is -0.481 e. The molecule has 1 N–H and O–H groups in total. The Bertz CT molecular complexity index is 698. The lowest BCUT2D eigenvalue weighted by atomic mass is 10.0. The minimum atomic E-state index is -0.552. The maximum atomic E-state index is 12.3. The Balaban J connectivity index is 1.76. The molecule has 0 unspecified atom stereocenters. The van der Waals surface area contributed by atoms with Crippen molar-refractivity contribution < 1.29 is 14.3 Å². The molecule has 0 saturated heterocycles. The van der Waals surface area contributed by atoms with Crippen molar-refractivity contribution in [1.29, 1.82) is 0 Å². The number of nitrogens with one attached hydrogen (secondary N) is 1. The Kier molecular flexibility index (Phi) is 7.67. The van der Waals surface area contributed by atoms with Gasteiger partial charge in [0.05, 0.1) is 13.2 Å². The van der Waals surface area contributed by atoms with E-state index in [9.17, 15) is 4.79 Å². The fraction of sp³-hybridized carbons (Fsp3) is 0.409. The molecule has 1 amide bonds. The van der Waals surface area contributed by atoms with Gasteiger partial charge in [0.2, 0.25) is 0 Å². The van der Waals surface area contributed by atoms with Gasteiger partial charge in [0.15, 0.2) is 6.10 Å². The van der Waals surface area contributed by atoms with Crippen LogP contribution in [0, 0.1) is 6.92 Å². The summed E-state index contributed by atoms with van der Waals surface area (Å²) >= 11 is 0. The molecule has 2 aromatic carbocycles. The fourth-order valence-electron chi connectivity index (χ4n) is 2.62. The van der Waals surface area contributed by atoms with Gasteiger partial charge in [-0.15, -0.1) is 0 Å². The van der Waals surface area contributed by atoms with Crippen molar-refractivity contribution in [3.8, 4) is 5.75 Å². The second-order valence-corrected chi connectivity index (χ2v) is 6.79. The van der Waals surface area contributed by atoms with Gasteiger partial charge < -0.3 is 14.8 Å². The van der Waals surface area contributed by atoms with Crippen LogP contribution in [-0.2, 0) is 16.1 Å². The molecule has 2 aromatic rings. The topological polar surface area (TPSA) is 47.6 Å². The van der Waals surface area contributed by atoms with Crippen molar-refractivity contribution in [1.82, 2.24) is 5.32 Å². The van der Waals surface area contributed by atoms with Crippen molar-refractivity contribution in [2.45, 2.75) is 46.3 Å². The van der Waals surface area contributed by atoms with Crippen LogP contribution in [0.5, 0.6) is 5.75 Å². The molecular formula is C22H29NO3. The molecule has 4 nitrogen and oxygen atoms in total. The minimum absolute atomic E-state index is 0.135. The molecule has 2 rings (SSSR count). The van der Waals surface area contributed by atoms with Gasteiger partial charge in [-0.25, -0.2) is 0 Å². The number of rotatable bonds is 9. The Morgan fingerprint density at radius 3 is 2.50 bits per heavy atom. The lowest BCUT2D eigenvalue weighted by Crippen LogP contribution is -2.38. The zero-order valence-electron chi connectivity index (χ0n) is 16.1. The Morgan fingerprint density at radius 1 is 1.08 bits per heavy atom. The third kappa shape index (κ3) is 6.19. The summed E-state index contributed by atoms with van der Waals surface area (Å²) in [5, 5.41) is 2.86. The van der Waals surface area contributed by atoms with E-state index in [-0.39, 0.29) is 5.91 Å². The van der Waals surface area contributed by atoms with E-state index in [0.29, 0.717) is 25.7 Å². The predicted octanol–water partition coefficient (Wildman–Crippen LogP) is 4.22. The van der Waals surface area contributed by atoms with Crippen LogP contribution in [-0.4, -0.2) is 25.2 Å². The summed E-state index contributed by atoms with van der Waals surface area (Å²) < 4.78 is 11.5. The molecule has 0 bridgehead atoms. The third-order valence-corrected chi connectivity index (χ3v) is 4.12. The van der Waals surface area contributed by atoms with Crippen LogP contribution in [0.3, 0.4) is 0 Å². The van der Waals surface area contributed by atoms with Crippen molar-refractivity contribution in [2.24, 2.45) is 0 Å². The van der Waals surface area contributed by atoms with Crippen LogP contribution in [0.15, 0.2) is 48.5 Å². The summed E-state index contributed by atoms with van der Waals surface area (Å²) in [4.78, 5) is 12.3. The zero-order chi connectivity index (χ0) is 18.9. The molecule has 4 heteroatoms. The molecule has 0 aromatic heterocycles. The summed E-state index contributed by atoms with van der Waals surface area (Å²) in [5.74, 6) is 0.986. The summed E-state index contributed by atoms with van der Waals surface area (Å²) in [7, 11) is 0. The molecule has 0 heterocycles. The monoisotopic (exact) mass is 355 g/mol. The molecule has 140 valence electrons. The van der Waals surface area contributed by atoms with Gasteiger partial charge >= 0.3 is 0 Å². The molecule has 0 aliphatic rings. The van der Waals surface area contributed by atoms with Crippen LogP contribution in [0.25, 0.3) is 0 Å². The van der Waals surface area contributed by atoms with E-state index in [1.165, 1.54) is 0 Å². The van der Waals surface area contributed by atoms with Gasteiger partial charge in [0, 0.05) is 6.54 Å². The number of aryl methyl sites for hydroxylation is 1. The van der Waals surface area contributed by atoms with Gasteiger partial charge in [-0.05, 0) is 42.5 Å². The van der Waals surface area contributed by atoms with Gasteiger partial charge in [-0.2, -0.15) is 0 Å². The quantitative estimate of drug-likeness (QED) is 0.685. The molecule has 0 saturated carbocycles. The van der Waals surface area contributed by atoms with Crippen LogP contribution in [0.4, 0.5) is 0 Å². The fourth-order valence-corrected chi connectivity index (χ4v) is 2.62. The molecule has 0 spiro atoms. The lowest BCUT2D eigenvalue weighted by molar-refractivity contribution is -0.127. The zero-order valence-corrected chi connectivity index (χ0v) is 16.1. The van der Waals surface area contributed by atoms with Gasteiger partial charge in [-0.1, -0.05) is 56.3 Å². The smallest absolute Gasteiger partial charge is 0.260 e. The van der Waals surface area contributed by atoms with Gasteiger partial charge in [0.25, 0.3) is 5.91 Å². The summed E-state index contributed by atoms with van der Waals surface area (Å²) in [6.07, 6.45) is -0.552. The van der Waals surface area contributed by atoms with E-state index in [4.69, 9.17) is 9.47 Å². The van der Waals surface area contributed by atoms with E-state index in [1.807, 2.05) is 43.3 Å². The van der Waals surface area contributed by atoms with Crippen LogP contribution < -0.4 is 10.1 Å². The molecule has 0 fully saturated rings. The van der Waals surface area contributed by atoms with Crippen molar-refractivity contribution in [2.75, 3.05) is 13.2 Å². The van der Waals surface area contributed by atoms with E-state index in [0.717, 1.165) is 22.4 Å². The van der Waals surface area contributed by atoms with Gasteiger partial charge in [0.1, 0.15) is 5.75 Å². The maximum absolute atomic E-state index is 12.3. The van der Waals surface area contributed by atoms with E-state index >= 15 is 0 Å². The first-order valence-electron chi connectivity index (χ1n) is 9.14. The van der Waals surface area contributed by atoms with Crippen molar-refractivity contribution in [3.63, 3.8) is 0 Å².